The van der Waals surface area contributed by atoms with Crippen molar-refractivity contribution < 1.29 is 55.4 Å². The normalized spacial score (nSPS) is 22.4. The van der Waals surface area contributed by atoms with Gasteiger partial charge in [0, 0.05) is 12.1 Å². The molecular weight excluding hydrogens is 655 g/mol. The molecular formula is C26H44N3O13P3. The minimum atomic E-state index is -4.71. The van der Waals surface area contributed by atoms with E-state index >= 15 is 4.57 Å². The topological polar surface area (TPSA) is 184 Å². The number of non-ortho nitro benzene ring substituents is 1. The van der Waals surface area contributed by atoms with Crippen molar-refractivity contribution in [3.8, 4) is 0 Å². The molecule has 0 N–H and O–H groups in total. The van der Waals surface area contributed by atoms with Crippen molar-refractivity contribution in [2.75, 3.05) is 13.2 Å². The summed E-state index contributed by atoms with van der Waals surface area (Å²) in [4.78, 5) is 23.3. The Labute approximate surface area is 263 Å². The van der Waals surface area contributed by atoms with Gasteiger partial charge in [0.15, 0.2) is 0 Å². The highest BCUT2D eigenvalue weighted by Crippen LogP contribution is 2.78. The standard InChI is InChI=1S/C26H44N3O13P3/c1-11-35-43(32,36-12-2)24-23(21-13-15-22(16-14-21)29(30)31)26(45(34,40-19(7)8)41-20(9)10)28(37-24)25(27-42-26)44(33,38-17(3)4)39-18(5)6/h13-20,23-24H,11-12H2,1-10H3. The van der Waals surface area contributed by atoms with Gasteiger partial charge in [0.2, 0.25) is 5.85 Å². The monoisotopic (exact) mass is 699 g/mol. The molecule has 19 heteroatoms. The molecule has 3 rings (SSSR count). The molecule has 0 aromatic heterocycles. The summed E-state index contributed by atoms with van der Waals surface area (Å²) in [7, 11) is -13.5. The Bertz CT molecular complexity index is 1330. The van der Waals surface area contributed by atoms with Gasteiger partial charge in [-0.05, 0) is 74.8 Å². The highest BCUT2D eigenvalue weighted by atomic mass is 31.2. The Balaban J connectivity index is 2.45. The zero-order valence-electron chi connectivity index (χ0n) is 27.2. The summed E-state index contributed by atoms with van der Waals surface area (Å²) in [6, 6.07) is 5.13. The lowest BCUT2D eigenvalue weighted by molar-refractivity contribution is -0.384. The zero-order valence-corrected chi connectivity index (χ0v) is 29.9. The van der Waals surface area contributed by atoms with Crippen LogP contribution in [-0.2, 0) is 50.5 Å². The number of hydrogen-bond donors (Lipinski definition) is 0. The molecule has 2 aliphatic heterocycles. The summed E-state index contributed by atoms with van der Waals surface area (Å²) in [5.41, 5.74) is -3.06. The van der Waals surface area contributed by atoms with Crippen LogP contribution in [0.4, 0.5) is 5.69 Å². The second kappa shape index (κ2) is 14.6. The smallest absolute Gasteiger partial charge is 0.348 e. The molecule has 1 saturated heterocycles. The molecule has 1 aromatic carbocycles. The molecule has 3 atom stereocenters. The van der Waals surface area contributed by atoms with E-state index in [4.69, 9.17) is 36.8 Å². The van der Waals surface area contributed by atoms with E-state index in [-0.39, 0.29) is 24.5 Å². The Morgan fingerprint density at radius 1 is 0.867 bits per heavy atom. The molecule has 45 heavy (non-hydrogen) atoms. The van der Waals surface area contributed by atoms with Gasteiger partial charge in [0.05, 0.1) is 42.6 Å². The van der Waals surface area contributed by atoms with Gasteiger partial charge in [0.25, 0.3) is 11.3 Å². The number of nitrogens with zero attached hydrogens (tertiary/aromatic N) is 3. The minimum absolute atomic E-state index is 0.0764. The van der Waals surface area contributed by atoms with E-state index in [9.17, 15) is 19.2 Å². The maximum Gasteiger partial charge on any atom is 0.402 e. The number of nitro groups is 1. The molecule has 1 aromatic rings. The van der Waals surface area contributed by atoms with Gasteiger partial charge in [-0.25, -0.2) is 0 Å². The van der Waals surface area contributed by atoms with E-state index in [1.165, 1.54) is 24.3 Å². The van der Waals surface area contributed by atoms with Crippen molar-refractivity contribution in [1.29, 1.82) is 0 Å². The van der Waals surface area contributed by atoms with E-state index in [0.29, 0.717) is 0 Å². The number of hydrogen-bond acceptors (Lipinski definition) is 15. The van der Waals surface area contributed by atoms with E-state index in [1.807, 2.05) is 0 Å². The van der Waals surface area contributed by atoms with Gasteiger partial charge in [-0.15, -0.1) is 0 Å². The molecule has 0 bridgehead atoms. The zero-order chi connectivity index (χ0) is 34.0. The molecule has 16 nitrogen and oxygen atoms in total. The van der Waals surface area contributed by atoms with Crippen LogP contribution in [0.2, 0.25) is 0 Å². The van der Waals surface area contributed by atoms with Crippen molar-refractivity contribution >= 4 is 34.1 Å². The van der Waals surface area contributed by atoms with Gasteiger partial charge < -0.3 is 32.0 Å². The molecule has 0 spiro atoms. The first-order chi connectivity index (χ1) is 20.9. The van der Waals surface area contributed by atoms with Crippen LogP contribution >= 0.6 is 22.8 Å². The van der Waals surface area contributed by atoms with E-state index in [0.717, 1.165) is 5.06 Å². The minimum Gasteiger partial charge on any atom is -0.348 e. The van der Waals surface area contributed by atoms with Gasteiger partial charge >= 0.3 is 28.3 Å². The van der Waals surface area contributed by atoms with Crippen molar-refractivity contribution in [2.45, 2.75) is 111 Å². The molecule has 0 radical (unpaired) electrons. The molecule has 3 unspecified atom stereocenters. The van der Waals surface area contributed by atoms with Crippen molar-refractivity contribution in [2.24, 2.45) is 5.16 Å². The Morgan fingerprint density at radius 2 is 1.33 bits per heavy atom. The Hall–Kier alpha value is -1.70. The third kappa shape index (κ3) is 7.56. The predicted molar refractivity (Wildman–Crippen MR) is 165 cm³/mol. The first kappa shape index (κ1) is 37.8. The Kier molecular flexibility index (Phi) is 12.2. The van der Waals surface area contributed by atoms with Crippen LogP contribution < -0.4 is 0 Å². The van der Waals surface area contributed by atoms with E-state index in [1.54, 1.807) is 69.2 Å². The van der Waals surface area contributed by atoms with Gasteiger partial charge in [0.1, 0.15) is 5.92 Å². The second-order valence-electron chi connectivity index (χ2n) is 11.2. The van der Waals surface area contributed by atoms with Gasteiger partial charge in [-0.3, -0.25) is 28.6 Å². The molecule has 256 valence electrons. The summed E-state index contributed by atoms with van der Waals surface area (Å²) >= 11 is 0. The van der Waals surface area contributed by atoms with Crippen molar-refractivity contribution in [3.05, 3.63) is 39.9 Å². The number of hydroxylamine groups is 2. The third-order valence-corrected chi connectivity index (χ3v) is 13.2. The summed E-state index contributed by atoms with van der Waals surface area (Å²) < 4.78 is 79.3. The number of rotatable bonds is 17. The lowest BCUT2D eigenvalue weighted by atomic mass is 9.98. The fourth-order valence-corrected chi connectivity index (χ4v) is 11.6. The fraction of sp³-hybridized carbons (Fsp3) is 0.731. The van der Waals surface area contributed by atoms with E-state index in [2.05, 4.69) is 5.16 Å². The molecule has 2 heterocycles. The molecule has 2 aliphatic rings. The van der Waals surface area contributed by atoms with Gasteiger partial charge in [-0.2, -0.15) is 5.06 Å². The number of benzene rings is 1. The lowest BCUT2D eigenvalue weighted by Gasteiger charge is -2.39. The molecule has 0 saturated carbocycles. The first-order valence-corrected chi connectivity index (χ1v) is 19.4. The highest BCUT2D eigenvalue weighted by molar-refractivity contribution is 7.72. The number of fused-ring (bicyclic) bond motifs is 1. The maximum absolute atomic E-state index is 15.3. The quantitative estimate of drug-likeness (QED) is 0.0881. The SMILES string of the molecule is CCOP(=O)(OCC)C1ON2C(P(=O)(OC(C)C)OC(C)C)=NOC2(P(=O)(OC(C)C)OC(C)C)C1c1ccc([N+](=O)[O-])cc1. The van der Waals surface area contributed by atoms with Crippen LogP contribution in [0.5, 0.6) is 0 Å². The largest absolute Gasteiger partial charge is 0.402 e. The number of oxime groups is 1. The maximum atomic E-state index is 15.3. The third-order valence-electron chi connectivity index (χ3n) is 6.07. The lowest BCUT2D eigenvalue weighted by Crippen LogP contribution is -2.48. The van der Waals surface area contributed by atoms with Crippen LogP contribution in [0, 0.1) is 10.1 Å². The van der Waals surface area contributed by atoms with Crippen LogP contribution in [0.1, 0.15) is 80.7 Å². The summed E-state index contributed by atoms with van der Waals surface area (Å²) in [6.45, 7) is 16.0. The van der Waals surface area contributed by atoms with Crippen LogP contribution in [-0.4, -0.2) is 64.5 Å². The van der Waals surface area contributed by atoms with E-state index < -0.39 is 74.9 Å². The molecule has 0 amide bonds. The van der Waals surface area contributed by atoms with Crippen molar-refractivity contribution in [3.63, 3.8) is 0 Å². The number of nitro benzene ring substituents is 1. The van der Waals surface area contributed by atoms with Crippen molar-refractivity contribution in [1.82, 2.24) is 5.06 Å². The highest BCUT2D eigenvalue weighted by Gasteiger charge is 2.79. The number of amidine groups is 1. The summed E-state index contributed by atoms with van der Waals surface area (Å²) in [5, 5.41) is 16.4. The Morgan fingerprint density at radius 3 is 1.73 bits per heavy atom. The van der Waals surface area contributed by atoms with Crippen LogP contribution in [0.25, 0.3) is 0 Å². The van der Waals surface area contributed by atoms with Crippen LogP contribution in [0.15, 0.2) is 29.4 Å². The summed E-state index contributed by atoms with van der Waals surface area (Å²) in [5.74, 6) is -3.10. The van der Waals surface area contributed by atoms with Crippen LogP contribution in [0.3, 0.4) is 0 Å². The summed E-state index contributed by atoms with van der Waals surface area (Å²) in [6.07, 6.45) is -2.77. The fourth-order valence-electron chi connectivity index (χ4n) is 4.85. The average Bonchev–Trinajstić information content (AvgIpc) is 3.44. The first-order valence-electron chi connectivity index (χ1n) is 14.7. The van der Waals surface area contributed by atoms with Gasteiger partial charge in [-0.1, -0.05) is 17.3 Å². The predicted octanol–water partition coefficient (Wildman–Crippen LogP) is 7.56. The molecule has 1 fully saturated rings. The molecule has 0 aliphatic carbocycles. The second-order valence-corrected chi connectivity index (χ2v) is 17.2. The average molecular weight is 700 g/mol.